The van der Waals surface area contributed by atoms with Crippen LogP contribution in [-0.4, -0.2) is 83.2 Å². The van der Waals surface area contributed by atoms with E-state index in [4.69, 9.17) is 15.0 Å². The number of para-hydroxylation sites is 1. The van der Waals surface area contributed by atoms with Gasteiger partial charge in [-0.3, -0.25) is 15.0 Å². The third-order valence-electron chi connectivity index (χ3n) is 22.7. The molecule has 22 heteroatoms. The van der Waals surface area contributed by atoms with Gasteiger partial charge in [-0.2, -0.15) is 12.3 Å². The van der Waals surface area contributed by atoms with Crippen LogP contribution < -0.4 is 22.1 Å². The molecule has 0 bridgehead atoms. The van der Waals surface area contributed by atoms with Crippen LogP contribution >= 0.6 is 0 Å². The van der Waals surface area contributed by atoms with Crippen LogP contribution in [0, 0.1) is 94.5 Å². The molecule has 5 radical (unpaired) electrons. The van der Waals surface area contributed by atoms with Gasteiger partial charge < -0.3 is 67.4 Å². The number of hydrogen-bond donors (Lipinski definition) is 0. The van der Waals surface area contributed by atoms with Crippen molar-refractivity contribution in [2.75, 3.05) is 13.1 Å². The van der Waals surface area contributed by atoms with E-state index < -0.39 is 0 Å². The molecule has 0 N–H and O–H groups in total. The number of hydrogen-bond acceptors (Lipinski definition) is 11. The van der Waals surface area contributed by atoms with Crippen molar-refractivity contribution in [3.63, 3.8) is 0 Å². The average molecular weight is 2630 g/mol. The minimum Gasteiger partial charge on any atom is -0.523 e. The number of amidine groups is 2. The number of aryl methyl sites for hydroxylation is 4. The van der Waals surface area contributed by atoms with Crippen molar-refractivity contribution >= 4 is 66.7 Å². The van der Waals surface area contributed by atoms with Crippen LogP contribution in [0.5, 0.6) is 0 Å². The molecule has 12 heterocycles. The zero-order valence-electron chi connectivity index (χ0n) is 79.4. The maximum Gasteiger partial charge on any atom is 0.173 e. The molecule has 10 aromatic heterocycles. The Hall–Kier alpha value is -9.51. The van der Waals surface area contributed by atoms with Gasteiger partial charge in [-0.15, -0.1) is 137 Å². The van der Waals surface area contributed by atoms with Gasteiger partial charge in [0.05, 0.1) is 16.7 Å². The van der Waals surface area contributed by atoms with Gasteiger partial charge in [-0.25, -0.2) is 0 Å². The van der Waals surface area contributed by atoms with Crippen molar-refractivity contribution in [1.29, 1.82) is 0 Å². The Balaban J connectivity index is 0.000000208. The Labute approximate surface area is 841 Å². The molecule has 1 saturated carbocycles. The topological polar surface area (TPSA) is 192 Å². The zero-order chi connectivity index (χ0) is 90.8. The fourth-order valence-corrected chi connectivity index (χ4v) is 15.2. The van der Waals surface area contributed by atoms with Gasteiger partial charge in [0.2, 0.25) is 0 Å². The van der Waals surface area contributed by atoms with Crippen molar-refractivity contribution < 1.29 is 101 Å². The summed E-state index contributed by atoms with van der Waals surface area (Å²) in [6, 6.07) is 72.0. The van der Waals surface area contributed by atoms with E-state index in [2.05, 4.69) is 290 Å². The third-order valence-corrected chi connectivity index (χ3v) is 22.7. The molecule has 0 spiro atoms. The quantitative estimate of drug-likeness (QED) is 0.115. The SMILES string of the molecule is CC(C)(C)c1cc(=O)n2[c-]cc(C(C)(C)C)nc2c1.CC(C)(C)c1cc(=O)n2[c-]cc3ccccc3c2n1.CCCN=C1C2C(N=C3C=CC=[C-]N31)C(C)(C)CCC2(C)C.CCCN=c1cc(C(C)(C)C)nc2ccc[c-]n12.Cc1[c-]c(-c2ccc3ccccc3n2)cc(C)c1.Cc1nc(-c2[c-]cccc2)cc2ccccc12.Cc1nc2ccc[c-]n2c(=[N-])c1C.[Ir].[Ir].[Ir].[Ir].[Ir]. The summed E-state index contributed by atoms with van der Waals surface area (Å²) >= 11 is 0. The second-order valence-corrected chi connectivity index (χ2v) is 38.1. The maximum absolute atomic E-state index is 12.2. The summed E-state index contributed by atoms with van der Waals surface area (Å²) in [6.07, 6.45) is 26.0. The first kappa shape index (κ1) is 109. The maximum atomic E-state index is 12.2. The normalized spacial score (nSPS) is 15.0. The molecule has 695 valence electrons. The van der Waals surface area contributed by atoms with E-state index in [9.17, 15) is 15.0 Å². The summed E-state index contributed by atoms with van der Waals surface area (Å²) in [5, 5.41) is 15.4. The van der Waals surface area contributed by atoms with Crippen molar-refractivity contribution in [3.8, 4) is 22.5 Å². The van der Waals surface area contributed by atoms with Crippen LogP contribution in [0.3, 0.4) is 0 Å². The van der Waals surface area contributed by atoms with Crippen LogP contribution in [0.1, 0.15) is 201 Å². The molecule has 0 saturated heterocycles. The van der Waals surface area contributed by atoms with Crippen molar-refractivity contribution in [3.05, 3.63) is 349 Å². The number of benzene rings is 5. The Morgan fingerprint density at radius 2 is 1.07 bits per heavy atom. The smallest absolute Gasteiger partial charge is 0.173 e. The minimum absolute atomic E-state index is 0. The van der Waals surface area contributed by atoms with Gasteiger partial charge in [0.15, 0.2) is 11.1 Å². The second-order valence-electron chi connectivity index (χ2n) is 38.1. The average Bonchev–Trinajstić information content (AvgIpc) is 0.726. The predicted molar refractivity (Wildman–Crippen MR) is 517 cm³/mol. The molecule has 2 aliphatic heterocycles. The molecule has 2 atom stereocenters. The number of rotatable bonds is 6. The van der Waals surface area contributed by atoms with E-state index >= 15 is 0 Å². The van der Waals surface area contributed by atoms with Crippen molar-refractivity contribution in [1.82, 2.24) is 52.4 Å². The fraction of sp³-hybridized carbons (Fsp3) is 0.339. The number of nitrogens with zero attached hydrogens (tertiary/aromatic N) is 15. The minimum atomic E-state index is -0.148. The molecule has 18 rings (SSSR count). The van der Waals surface area contributed by atoms with Gasteiger partial charge >= 0.3 is 0 Å². The molecule has 3 aliphatic rings. The van der Waals surface area contributed by atoms with E-state index in [0.717, 1.165) is 127 Å². The Morgan fingerprint density at radius 3 is 1.72 bits per heavy atom. The van der Waals surface area contributed by atoms with Gasteiger partial charge in [-0.1, -0.05) is 276 Å². The summed E-state index contributed by atoms with van der Waals surface area (Å²) in [4.78, 5) is 68.7. The number of fused-ring (bicyclic) bond motifs is 10. The van der Waals surface area contributed by atoms with Gasteiger partial charge in [0.25, 0.3) is 0 Å². The van der Waals surface area contributed by atoms with Crippen LogP contribution in [0.25, 0.3) is 83.0 Å². The zero-order valence-corrected chi connectivity index (χ0v) is 91.3. The first-order valence-corrected chi connectivity index (χ1v) is 43.7. The van der Waals surface area contributed by atoms with E-state index in [-0.39, 0.29) is 150 Å². The van der Waals surface area contributed by atoms with Crippen molar-refractivity contribution in [2.24, 2.45) is 31.7 Å². The Morgan fingerprint density at radius 1 is 0.481 bits per heavy atom. The van der Waals surface area contributed by atoms with Crippen molar-refractivity contribution in [2.45, 2.75) is 213 Å². The molecule has 1 fully saturated rings. The first-order valence-electron chi connectivity index (χ1n) is 43.7. The Bertz CT molecular complexity index is 6850. The second kappa shape index (κ2) is 46.4. The number of aromatic nitrogens is 10. The van der Waals surface area contributed by atoms with E-state index in [1.54, 1.807) is 28.7 Å². The van der Waals surface area contributed by atoms with E-state index in [1.165, 1.54) is 49.2 Å². The van der Waals surface area contributed by atoms with Crippen LogP contribution in [0.2, 0.25) is 0 Å². The molecule has 17 nitrogen and oxygen atoms in total. The standard InChI is InChI=1S/C19H28N3.C17H14N.C16H15N2O.C16H21N2O.C16H12N.C15H20N3.C10H9N3.5Ir/c1-6-12-20-17-15-16(19(4,5)11-10-18(15,2)3)21-14-9-7-8-13-22(14)17;1-12-9-13(2)11-15(10-12)17-8-7-14-5-3-4-6-16(14)18-17;1-16(2,3)13-10-14(19)18-9-8-11-6-4-5-7-12(11)15(18)17-13;1-15(2,3)11-9-13-17-12(16(4,5)6)7-8-18(13)14(19)10-11;1-12-15-10-6-5-9-14(15)11-16(17-12)13-7-3-2-4-8-13;1-5-9-16-14-11-12(15(2,3)4)17-13-8-6-7-10-18(13)14;1-7-8(2)12-9-5-3-4-6-13(9)10(7)11;;;;;/h7-9,15-16H,6,10-12H2,1-5H3;3-10H,1-2H3;4-8,10H,1-3H3;7,9-10H,1-6H3;2-7,9-11H,1H3;6-8,11H,5,9H2,1-4H3;3-5H,1-2H3;;;;;/q6*-1;-2;;;;;. The Kier molecular flexibility index (Phi) is 38.5. The third kappa shape index (κ3) is 27.0. The van der Waals surface area contributed by atoms with Crippen LogP contribution in [-0.2, 0) is 122 Å². The summed E-state index contributed by atoms with van der Waals surface area (Å²) in [5.41, 5.74) is 18.2. The fourth-order valence-electron chi connectivity index (χ4n) is 15.2. The van der Waals surface area contributed by atoms with Crippen LogP contribution in [0.15, 0.2) is 243 Å². The largest absolute Gasteiger partial charge is 0.523 e. The molecule has 15 aromatic rings. The summed E-state index contributed by atoms with van der Waals surface area (Å²) < 4.78 is 6.43. The molecule has 2 unspecified atom stereocenters. The molecular formula is C109H119Ir5N15O2-8. The molecule has 1 aliphatic carbocycles. The molecule has 0 amide bonds. The summed E-state index contributed by atoms with van der Waals surface area (Å²) in [6.45, 7) is 50.7. The van der Waals surface area contributed by atoms with Gasteiger partial charge in [0, 0.05) is 188 Å². The number of aliphatic imine (C=N–C) groups is 2. The summed E-state index contributed by atoms with van der Waals surface area (Å²) in [5.74, 6) is 2.55. The summed E-state index contributed by atoms with van der Waals surface area (Å²) in [7, 11) is 0. The number of pyridine rings is 6. The van der Waals surface area contributed by atoms with E-state index in [1.807, 2.05) is 146 Å². The molecule has 131 heavy (non-hydrogen) atoms. The monoisotopic (exact) mass is 2630 g/mol. The molecule has 5 aromatic carbocycles. The van der Waals surface area contributed by atoms with Gasteiger partial charge in [-0.05, 0) is 126 Å². The number of allylic oxidation sites excluding steroid dienone is 2. The predicted octanol–water partition coefficient (Wildman–Crippen LogP) is 22.5. The first-order chi connectivity index (χ1) is 59.7. The van der Waals surface area contributed by atoms with Gasteiger partial charge in [0.1, 0.15) is 0 Å². The van der Waals surface area contributed by atoms with Crippen LogP contribution in [0.4, 0.5) is 0 Å². The van der Waals surface area contributed by atoms with E-state index in [0.29, 0.717) is 28.9 Å². The molecular weight excluding hydrogens is 2510 g/mol.